The predicted molar refractivity (Wildman–Crippen MR) is 522 cm³/mol. The fourth-order valence-corrected chi connectivity index (χ4v) is 17.6. The number of para-hydroxylation sites is 4. The fraction of sp³-hybridized carbons (Fsp3) is 0.0339. The van der Waals surface area contributed by atoms with Gasteiger partial charge in [-0.05, 0) is 213 Å². The van der Waals surface area contributed by atoms with E-state index in [1.165, 1.54) is 0 Å². The Balaban J connectivity index is 0.955. The molecule has 19 aromatic carbocycles. The number of rotatable bonds is 14. The van der Waals surface area contributed by atoms with Gasteiger partial charge in [0.25, 0.3) is 6.71 Å². The lowest BCUT2D eigenvalue weighted by Crippen LogP contribution is -2.61. The lowest BCUT2D eigenvalue weighted by Gasteiger charge is -2.46. The molecule has 5 heteroatoms. The van der Waals surface area contributed by atoms with Gasteiger partial charge in [0.2, 0.25) is 0 Å². The maximum atomic E-state index is 12.2. The molecule has 0 spiro atoms. The highest BCUT2D eigenvalue weighted by Gasteiger charge is 2.46. The zero-order valence-corrected chi connectivity index (χ0v) is 66.3. The van der Waals surface area contributed by atoms with Crippen LogP contribution in [0.1, 0.15) is 67.5 Å². The first-order chi connectivity index (χ1) is 73.2. The summed E-state index contributed by atoms with van der Waals surface area (Å²) in [6.07, 6.45) is 0. The molecule has 4 heterocycles. The Kier molecular flexibility index (Phi) is 11.6. The van der Waals surface area contributed by atoms with E-state index in [0.29, 0.717) is 50.1 Å². The minimum Gasteiger partial charge on any atom is -0.310 e. The van der Waals surface area contributed by atoms with Crippen molar-refractivity contribution in [2.24, 2.45) is 0 Å². The Morgan fingerprint density at radius 1 is 0.236 bits per heavy atom. The minimum absolute atomic E-state index is 0.167. The van der Waals surface area contributed by atoms with Gasteiger partial charge in [0.15, 0.2) is 0 Å². The van der Waals surface area contributed by atoms with Crippen molar-refractivity contribution in [2.45, 2.75) is 26.2 Å². The molecule has 0 unspecified atom stereocenters. The topological polar surface area (TPSA) is 16.3 Å². The van der Waals surface area contributed by atoms with Crippen molar-refractivity contribution >= 4 is 101 Å². The lowest BCUT2D eigenvalue weighted by atomic mass is 9.33. The molecule has 0 fully saturated rings. The van der Waals surface area contributed by atoms with E-state index in [0.717, 1.165) is 53.6 Å². The number of aromatic nitrogens is 2. The zero-order chi connectivity index (χ0) is 108. The van der Waals surface area contributed by atoms with E-state index in [9.17, 15) is 32.9 Å². The van der Waals surface area contributed by atoms with Crippen LogP contribution in [0.4, 0.5) is 34.1 Å². The summed E-state index contributed by atoms with van der Waals surface area (Å²) in [5.74, 6) is 0. The molecule has 0 amide bonds. The smallest absolute Gasteiger partial charge is 0.252 e. The van der Waals surface area contributed by atoms with E-state index in [1.807, 2.05) is 297 Å². The van der Waals surface area contributed by atoms with Gasteiger partial charge in [-0.3, -0.25) is 0 Å². The Morgan fingerprint density at radius 3 is 0.894 bits per heavy atom. The monoisotopic (exact) mass is 1600 g/mol. The van der Waals surface area contributed by atoms with Gasteiger partial charge >= 0.3 is 0 Å². The third kappa shape index (κ3) is 12.5. The molecule has 0 saturated carbocycles. The highest BCUT2D eigenvalue weighted by Crippen LogP contribution is 2.56. The van der Waals surface area contributed by atoms with E-state index in [4.69, 9.17) is 8.22 Å². The Bertz CT molecular complexity index is 8870. The van der Waals surface area contributed by atoms with Crippen molar-refractivity contribution in [3.05, 3.63) is 454 Å². The van der Waals surface area contributed by atoms with Crippen molar-refractivity contribution in [1.29, 1.82) is 0 Å². The molecule has 4 nitrogen and oxygen atoms in total. The third-order valence-corrected chi connectivity index (χ3v) is 23.3. The average molecular weight is 1600 g/mol. The number of benzene rings is 19. The van der Waals surface area contributed by atoms with Gasteiger partial charge in [-0.25, -0.2) is 0 Å². The van der Waals surface area contributed by atoms with Crippen molar-refractivity contribution in [2.75, 3.05) is 9.80 Å². The molecule has 0 atom stereocenters. The highest BCUT2D eigenvalue weighted by atomic mass is 15.2. The number of hydrogen-bond donors (Lipinski definition) is 0. The molecule has 0 aliphatic carbocycles. The summed E-state index contributed by atoms with van der Waals surface area (Å²) in [7, 11) is 0. The van der Waals surface area contributed by atoms with Crippen molar-refractivity contribution < 1.29 is 41.1 Å². The van der Waals surface area contributed by atoms with Gasteiger partial charge in [0, 0.05) is 77.9 Å². The van der Waals surface area contributed by atoms with Crippen LogP contribution < -0.4 is 26.2 Å². The van der Waals surface area contributed by atoms with Crippen molar-refractivity contribution in [3.8, 4) is 123 Å². The van der Waals surface area contributed by atoms with E-state index in [1.54, 1.807) is 0 Å². The first kappa shape index (κ1) is 47.9. The third-order valence-electron chi connectivity index (χ3n) is 23.3. The van der Waals surface area contributed by atoms with Crippen LogP contribution >= 0.6 is 0 Å². The van der Waals surface area contributed by atoms with Gasteiger partial charge in [-0.2, -0.15) is 0 Å². The van der Waals surface area contributed by atoms with Crippen LogP contribution in [0.3, 0.4) is 0 Å². The van der Waals surface area contributed by atoms with Crippen LogP contribution in [-0.4, -0.2) is 15.8 Å². The summed E-state index contributed by atoms with van der Waals surface area (Å²) in [4.78, 5) is 3.62. The van der Waals surface area contributed by atoms with E-state index in [2.05, 4.69) is 0 Å². The molecular weight excluding hydrogens is 1480 g/mol. The van der Waals surface area contributed by atoms with Crippen molar-refractivity contribution in [3.63, 3.8) is 0 Å². The summed E-state index contributed by atoms with van der Waals surface area (Å²) in [6.45, 7) is 4.06. The van der Waals surface area contributed by atoms with Crippen LogP contribution in [0.15, 0.2) is 448 Å². The Morgan fingerprint density at radius 2 is 0.545 bits per heavy atom. The van der Waals surface area contributed by atoms with Crippen LogP contribution in [0.25, 0.3) is 166 Å². The second-order valence-corrected chi connectivity index (χ2v) is 31.5. The number of hydrogen-bond acceptors (Lipinski definition) is 2. The van der Waals surface area contributed by atoms with E-state index < -0.39 is 271 Å². The first-order valence-electron chi connectivity index (χ1n) is 55.4. The molecule has 0 bridgehead atoms. The summed E-state index contributed by atoms with van der Waals surface area (Å²) in [5.41, 5.74) is 2.86. The van der Waals surface area contributed by atoms with Gasteiger partial charge in [0.05, 0.1) is 74.6 Å². The first-order valence-corrected chi connectivity index (χ1v) is 40.4. The minimum atomic E-state index is -1.86. The highest BCUT2D eigenvalue weighted by molar-refractivity contribution is 7.00. The number of fused-ring (bicyclic) bond motifs is 10. The molecule has 21 aromatic rings. The molecule has 2 aliphatic rings. The van der Waals surface area contributed by atoms with Crippen molar-refractivity contribution in [1.82, 2.24) is 9.13 Å². The second kappa shape index (κ2) is 29.8. The molecular formula is C118H83BN4. The van der Waals surface area contributed by atoms with Crippen LogP contribution in [0.5, 0.6) is 0 Å². The molecule has 578 valence electrons. The van der Waals surface area contributed by atoms with E-state index in [-0.39, 0.29) is 50.5 Å². The Hall–Kier alpha value is -15.6. The number of anilines is 6. The standard InChI is InChI=1S/C118H83BN4/c1-118(2,3)94-74-113-115-114(75-94)123(117-99(92-50-28-46-86(70-92)80-36-14-6-15-37-80)56-31-57-100(117)93-51-29-47-87(71-93)81-38-16-7-17-39-81)112-77-96(121-108-59-25-23-53-102(108)104-73-89(61-67-110(104)121)83-42-20-9-21-43-83)63-65-106(112)119(115)105-64-62-95(120-107-58-24-22-52-101(107)103-72-88(60-66-109(103)120)82-40-18-8-19-41-82)76-111(105)122(113)116-97(90-48-26-44-84(68-90)78-32-10-4-11-33-78)54-30-55-98(116)91-49-27-45-85(69-91)79-34-12-5-13-35-79/h4-77H,1-3H3/i8D,9D,18D,19D,20D,21D,22D,23D,24D,25D,40D,41D,42D,43D,52D,53D,58D,59D,60D,61D,62D,63D,64D,65D,66D,67D,72D,73D,76D,77D. The Labute approximate surface area is 760 Å². The molecule has 0 saturated heterocycles. The van der Waals surface area contributed by atoms with Gasteiger partial charge in [-0.1, -0.05) is 372 Å². The van der Waals surface area contributed by atoms with Gasteiger partial charge < -0.3 is 18.9 Å². The average Bonchev–Trinajstić information content (AvgIpc) is 1.54. The summed E-state index contributed by atoms with van der Waals surface area (Å²) in [6, 6.07) is 58.6. The summed E-state index contributed by atoms with van der Waals surface area (Å²) in [5, 5.41) is -2.20. The van der Waals surface area contributed by atoms with Crippen LogP contribution in [0.2, 0.25) is 0 Å². The lowest BCUT2D eigenvalue weighted by molar-refractivity contribution is 0.590. The molecule has 0 N–H and O–H groups in total. The summed E-state index contributed by atoms with van der Waals surface area (Å²) >= 11 is 0. The molecule has 123 heavy (non-hydrogen) atoms. The van der Waals surface area contributed by atoms with E-state index >= 15 is 0 Å². The normalized spacial score (nSPS) is 15.7. The van der Waals surface area contributed by atoms with Crippen LogP contribution in [-0.2, 0) is 5.41 Å². The fourth-order valence-electron chi connectivity index (χ4n) is 17.6. The van der Waals surface area contributed by atoms with Gasteiger partial charge in [0.1, 0.15) is 0 Å². The molecule has 2 aromatic heterocycles. The maximum absolute atomic E-state index is 12.2. The summed E-state index contributed by atoms with van der Waals surface area (Å²) < 4.78 is 304. The quantitative estimate of drug-likeness (QED) is 0.101. The molecule has 2 aliphatic heterocycles. The zero-order valence-electron chi connectivity index (χ0n) is 96.3. The largest absolute Gasteiger partial charge is 0.310 e. The van der Waals surface area contributed by atoms with Gasteiger partial charge in [-0.15, -0.1) is 0 Å². The molecule has 23 rings (SSSR count). The second-order valence-electron chi connectivity index (χ2n) is 31.5. The molecule has 0 radical (unpaired) electrons. The van der Waals surface area contributed by atoms with Crippen LogP contribution in [0, 0.1) is 0 Å². The predicted octanol–water partition coefficient (Wildman–Crippen LogP) is 29.9. The maximum Gasteiger partial charge on any atom is 0.252 e. The SMILES string of the molecule is [2H]c1c([2H])c([2H])c(-c2c([2H])c([2H])c3c(c2[2H])c2c([2H])c([2H])c([2H])c([2H])c2n3-c2c([2H])c([2H])c3c(c2[2H])N(c2c(-c4cccc(-c5ccccc5)c4)cccc2-c2cccc(-c4ccccc4)c2)c2cc(C(C)(C)C)cc4c2B3c2c([2H])c([2H])c(-n3c5c([2H])c([2H])c([2H])c([2H])c5c5c([2H])c(-c6c([2H])c([2H])c([2H])c([2H])c6[2H])c([2H])c([2H])c53)c([2H])c2N4c2c(-c3cccc(-c4ccccc4)c3)cccc2-c2cccc(-c3ccccc3)c2)c([2H])c1[2H]. The number of nitrogens with zero attached hydrogens (tertiary/aromatic N) is 4.